The van der Waals surface area contributed by atoms with E-state index in [0.29, 0.717) is 6.61 Å². The molecule has 0 bridgehead atoms. The fourth-order valence-corrected chi connectivity index (χ4v) is 2.67. The molecule has 0 radical (unpaired) electrons. The fourth-order valence-electron chi connectivity index (χ4n) is 2.67. The van der Waals surface area contributed by atoms with Crippen molar-refractivity contribution in [3.63, 3.8) is 0 Å². The molecule has 0 aliphatic heterocycles. The highest BCUT2D eigenvalue weighted by molar-refractivity contribution is 5.27. The SMILES string of the molecule is N#C/C(F)=C/C1CCC(OCc2ccc(OC(F)(F)F)cc2)CC1. The molecule has 1 aliphatic rings. The molecule has 0 spiro atoms. The number of rotatable bonds is 5. The monoisotopic (exact) mass is 343 g/mol. The summed E-state index contributed by atoms with van der Waals surface area (Å²) in [6.45, 7) is 0.296. The maximum atomic E-state index is 12.9. The van der Waals surface area contributed by atoms with E-state index >= 15 is 0 Å². The third kappa shape index (κ3) is 6.20. The van der Waals surface area contributed by atoms with E-state index in [1.165, 1.54) is 36.4 Å². The lowest BCUT2D eigenvalue weighted by Crippen LogP contribution is -2.21. The van der Waals surface area contributed by atoms with Gasteiger partial charge in [0.15, 0.2) is 5.83 Å². The van der Waals surface area contributed by atoms with Gasteiger partial charge in [0.2, 0.25) is 0 Å². The number of hydrogen-bond donors (Lipinski definition) is 0. The molecule has 0 heterocycles. The first kappa shape index (κ1) is 18.3. The van der Waals surface area contributed by atoms with E-state index in [4.69, 9.17) is 10.00 Å². The predicted molar refractivity (Wildman–Crippen MR) is 78.5 cm³/mol. The van der Waals surface area contributed by atoms with Crippen molar-refractivity contribution in [1.82, 2.24) is 0 Å². The van der Waals surface area contributed by atoms with Crippen LogP contribution in [0.15, 0.2) is 36.2 Å². The second-order valence-electron chi connectivity index (χ2n) is 5.67. The summed E-state index contributed by atoms with van der Waals surface area (Å²) in [6, 6.07) is 7.02. The topological polar surface area (TPSA) is 42.2 Å². The lowest BCUT2D eigenvalue weighted by Gasteiger charge is -2.26. The van der Waals surface area contributed by atoms with Gasteiger partial charge in [-0.25, -0.2) is 0 Å². The summed E-state index contributed by atoms with van der Waals surface area (Å²) >= 11 is 0. The second kappa shape index (κ2) is 8.15. The highest BCUT2D eigenvalue weighted by Gasteiger charge is 2.31. The molecule has 0 unspecified atom stereocenters. The van der Waals surface area contributed by atoms with Crippen molar-refractivity contribution in [2.24, 2.45) is 5.92 Å². The molecule has 24 heavy (non-hydrogen) atoms. The summed E-state index contributed by atoms with van der Waals surface area (Å²) in [5.74, 6) is -0.957. The Kier molecular flexibility index (Phi) is 6.21. The molecular formula is C17H17F4NO2. The maximum absolute atomic E-state index is 12.9. The van der Waals surface area contributed by atoms with Crippen molar-refractivity contribution in [1.29, 1.82) is 5.26 Å². The molecule has 0 amide bonds. The van der Waals surface area contributed by atoms with Gasteiger partial charge in [0.25, 0.3) is 0 Å². The van der Waals surface area contributed by atoms with Crippen LogP contribution in [-0.2, 0) is 11.3 Å². The molecular weight excluding hydrogens is 326 g/mol. The minimum atomic E-state index is -4.70. The first-order valence-electron chi connectivity index (χ1n) is 7.59. The number of allylic oxidation sites excluding steroid dienone is 2. The molecule has 0 atom stereocenters. The Morgan fingerprint density at radius 2 is 1.79 bits per heavy atom. The summed E-state index contributed by atoms with van der Waals surface area (Å²) in [7, 11) is 0. The molecule has 0 aromatic heterocycles. The largest absolute Gasteiger partial charge is 0.573 e. The third-order valence-electron chi connectivity index (χ3n) is 3.85. The summed E-state index contributed by atoms with van der Waals surface area (Å²) in [5.41, 5.74) is 0.752. The van der Waals surface area contributed by atoms with Crippen LogP contribution in [0.25, 0.3) is 0 Å². The van der Waals surface area contributed by atoms with Crippen LogP contribution in [0.1, 0.15) is 31.2 Å². The highest BCUT2D eigenvalue weighted by atomic mass is 19.4. The minimum absolute atomic E-state index is 0.0332. The summed E-state index contributed by atoms with van der Waals surface area (Å²) in [5, 5.41) is 8.42. The Bertz CT molecular complexity index is 597. The highest BCUT2D eigenvalue weighted by Crippen LogP contribution is 2.29. The van der Waals surface area contributed by atoms with Gasteiger partial charge in [-0.2, -0.15) is 9.65 Å². The van der Waals surface area contributed by atoms with Crippen LogP contribution in [0.2, 0.25) is 0 Å². The van der Waals surface area contributed by atoms with Gasteiger partial charge in [-0.15, -0.1) is 13.2 Å². The molecule has 1 fully saturated rings. The zero-order valence-corrected chi connectivity index (χ0v) is 12.9. The number of nitrogens with zero attached hydrogens (tertiary/aromatic N) is 1. The molecule has 7 heteroatoms. The van der Waals surface area contributed by atoms with Gasteiger partial charge < -0.3 is 9.47 Å². The molecule has 0 saturated heterocycles. The Hall–Kier alpha value is -2.07. The molecule has 1 aromatic rings. The van der Waals surface area contributed by atoms with Crippen molar-refractivity contribution in [2.75, 3.05) is 0 Å². The van der Waals surface area contributed by atoms with E-state index in [2.05, 4.69) is 4.74 Å². The molecule has 3 nitrogen and oxygen atoms in total. The first-order valence-corrected chi connectivity index (χ1v) is 7.59. The number of halogens is 4. The normalized spacial score (nSPS) is 22.0. The Morgan fingerprint density at radius 1 is 1.17 bits per heavy atom. The molecule has 1 aliphatic carbocycles. The van der Waals surface area contributed by atoms with Crippen LogP contribution in [-0.4, -0.2) is 12.5 Å². The third-order valence-corrected chi connectivity index (χ3v) is 3.85. The quantitative estimate of drug-likeness (QED) is 0.556. The predicted octanol–water partition coefficient (Wildman–Crippen LogP) is 5.04. The molecule has 130 valence electrons. The van der Waals surface area contributed by atoms with Crippen molar-refractivity contribution in [2.45, 2.75) is 44.8 Å². The van der Waals surface area contributed by atoms with E-state index in [1.807, 2.05) is 0 Å². The van der Waals surface area contributed by atoms with Crippen LogP contribution in [0.4, 0.5) is 17.6 Å². The molecule has 1 saturated carbocycles. The van der Waals surface area contributed by atoms with Crippen LogP contribution in [0.3, 0.4) is 0 Å². The summed E-state index contributed by atoms with van der Waals surface area (Å²) in [6.07, 6.45) is -0.294. The van der Waals surface area contributed by atoms with Gasteiger partial charge in [-0.05, 0) is 55.4 Å². The van der Waals surface area contributed by atoms with Gasteiger partial charge in [0.1, 0.15) is 11.8 Å². The smallest absolute Gasteiger partial charge is 0.406 e. The summed E-state index contributed by atoms with van der Waals surface area (Å²) in [4.78, 5) is 0. The van der Waals surface area contributed by atoms with E-state index in [-0.39, 0.29) is 17.8 Å². The lowest BCUT2D eigenvalue weighted by molar-refractivity contribution is -0.274. The second-order valence-corrected chi connectivity index (χ2v) is 5.67. The summed E-state index contributed by atoms with van der Waals surface area (Å²) < 4.78 is 58.7. The van der Waals surface area contributed by atoms with Crippen molar-refractivity contribution >= 4 is 0 Å². The maximum Gasteiger partial charge on any atom is 0.573 e. The van der Waals surface area contributed by atoms with Crippen LogP contribution < -0.4 is 4.74 Å². The van der Waals surface area contributed by atoms with Crippen LogP contribution in [0.5, 0.6) is 5.75 Å². The number of benzene rings is 1. The minimum Gasteiger partial charge on any atom is -0.406 e. The van der Waals surface area contributed by atoms with E-state index in [9.17, 15) is 17.6 Å². The number of ether oxygens (including phenoxy) is 2. The average molecular weight is 343 g/mol. The van der Waals surface area contributed by atoms with Gasteiger partial charge in [-0.3, -0.25) is 0 Å². The standard InChI is InChI=1S/C17H17F4NO2/c18-14(10-22)9-12-1-5-15(6-2-12)23-11-13-3-7-16(8-4-13)24-17(19,20)21/h3-4,7-9,12,15H,1-2,5-6,11H2/b14-9-. The fraction of sp³-hybridized carbons (Fsp3) is 0.471. The molecule has 2 rings (SSSR count). The Morgan fingerprint density at radius 3 is 2.33 bits per heavy atom. The van der Waals surface area contributed by atoms with E-state index in [1.54, 1.807) is 0 Å². The Balaban J connectivity index is 1.76. The van der Waals surface area contributed by atoms with E-state index in [0.717, 1.165) is 31.2 Å². The van der Waals surface area contributed by atoms with Crippen LogP contribution >= 0.6 is 0 Å². The van der Waals surface area contributed by atoms with Gasteiger partial charge in [0.05, 0.1) is 12.7 Å². The molecule has 0 N–H and O–H groups in total. The van der Waals surface area contributed by atoms with Crippen LogP contribution in [0, 0.1) is 17.2 Å². The Labute approximate surface area is 137 Å². The zero-order valence-electron chi connectivity index (χ0n) is 12.9. The molecule has 1 aromatic carbocycles. The van der Waals surface area contributed by atoms with Gasteiger partial charge in [0, 0.05) is 0 Å². The first-order chi connectivity index (χ1) is 11.4. The lowest BCUT2D eigenvalue weighted by atomic mass is 9.87. The number of nitriles is 1. The van der Waals surface area contributed by atoms with Crippen molar-refractivity contribution in [3.8, 4) is 11.8 Å². The van der Waals surface area contributed by atoms with Gasteiger partial charge in [-0.1, -0.05) is 12.1 Å². The zero-order chi connectivity index (χ0) is 17.6. The average Bonchev–Trinajstić information content (AvgIpc) is 2.54. The van der Waals surface area contributed by atoms with Crippen molar-refractivity contribution in [3.05, 3.63) is 41.7 Å². The van der Waals surface area contributed by atoms with E-state index < -0.39 is 12.2 Å². The van der Waals surface area contributed by atoms with Gasteiger partial charge >= 0.3 is 6.36 Å². The number of alkyl halides is 3. The number of hydrogen-bond acceptors (Lipinski definition) is 3. The van der Waals surface area contributed by atoms with Crippen molar-refractivity contribution < 1.29 is 27.0 Å².